The highest BCUT2D eigenvalue weighted by molar-refractivity contribution is 5.17. The Morgan fingerprint density at radius 2 is 2.17 bits per heavy atom. The second-order valence-corrected chi connectivity index (χ2v) is 5.57. The second-order valence-electron chi connectivity index (χ2n) is 5.57. The zero-order chi connectivity index (χ0) is 12.4. The molecular weight excluding hydrogens is 222 g/mol. The number of rotatable bonds is 3. The molecule has 3 atom stereocenters. The summed E-state index contributed by atoms with van der Waals surface area (Å²) in [5.74, 6) is 0.826. The van der Waals surface area contributed by atoms with Crippen molar-refractivity contribution in [3.8, 4) is 0 Å². The Balaban J connectivity index is 1.79. The maximum atomic E-state index is 4.14. The van der Waals surface area contributed by atoms with Crippen LogP contribution < -0.4 is 5.32 Å². The third-order valence-electron chi connectivity index (χ3n) is 4.64. The van der Waals surface area contributed by atoms with Crippen LogP contribution in [0.2, 0.25) is 0 Å². The van der Waals surface area contributed by atoms with E-state index in [9.17, 15) is 0 Å². The maximum Gasteiger partial charge on any atom is 0.0353 e. The van der Waals surface area contributed by atoms with E-state index in [-0.39, 0.29) is 0 Å². The van der Waals surface area contributed by atoms with Crippen molar-refractivity contribution in [2.24, 2.45) is 5.92 Å². The Kier molecular flexibility index (Phi) is 3.62. The van der Waals surface area contributed by atoms with Gasteiger partial charge in [-0.05, 0) is 49.5 Å². The molecule has 98 valence electrons. The first-order valence-corrected chi connectivity index (χ1v) is 7.26. The summed E-state index contributed by atoms with van der Waals surface area (Å²) in [4.78, 5) is 6.88. The first-order valence-electron chi connectivity index (χ1n) is 7.26. The Bertz CT molecular complexity index is 379. The molecule has 0 saturated carbocycles. The Morgan fingerprint density at radius 1 is 1.33 bits per heavy atom. The number of hydrogen-bond acceptors (Lipinski definition) is 3. The fourth-order valence-electron chi connectivity index (χ4n) is 3.65. The van der Waals surface area contributed by atoms with E-state index < -0.39 is 0 Å². The quantitative estimate of drug-likeness (QED) is 0.885. The van der Waals surface area contributed by atoms with E-state index in [2.05, 4.69) is 34.3 Å². The molecule has 2 aliphatic rings. The lowest BCUT2D eigenvalue weighted by molar-refractivity contribution is 0.154. The molecule has 3 heteroatoms. The largest absolute Gasteiger partial charge is 0.315 e. The zero-order valence-corrected chi connectivity index (χ0v) is 11.2. The smallest absolute Gasteiger partial charge is 0.0353 e. The van der Waals surface area contributed by atoms with Crippen LogP contribution in [0.25, 0.3) is 0 Å². The van der Waals surface area contributed by atoms with E-state index in [1.807, 2.05) is 12.4 Å². The summed E-state index contributed by atoms with van der Waals surface area (Å²) in [7, 11) is 0. The van der Waals surface area contributed by atoms with Crippen LogP contribution in [0, 0.1) is 5.92 Å². The third kappa shape index (κ3) is 2.17. The molecule has 3 nitrogen and oxygen atoms in total. The van der Waals surface area contributed by atoms with Crippen molar-refractivity contribution in [3.63, 3.8) is 0 Å². The number of pyridine rings is 1. The maximum absolute atomic E-state index is 4.14. The average molecular weight is 245 g/mol. The molecule has 2 saturated heterocycles. The van der Waals surface area contributed by atoms with Crippen molar-refractivity contribution in [2.45, 2.75) is 38.3 Å². The SMILES string of the molecule is CCC1CNCC1N1CCCC1c1ccncc1. The topological polar surface area (TPSA) is 28.2 Å². The Labute approximate surface area is 110 Å². The number of likely N-dealkylation sites (tertiary alicyclic amines) is 1. The molecule has 0 bridgehead atoms. The Morgan fingerprint density at radius 3 is 2.94 bits per heavy atom. The molecule has 1 N–H and O–H groups in total. The predicted octanol–water partition coefficient (Wildman–Crippen LogP) is 2.22. The normalized spacial score (nSPS) is 33.1. The average Bonchev–Trinajstić information content (AvgIpc) is 3.07. The molecule has 18 heavy (non-hydrogen) atoms. The fraction of sp³-hybridized carbons (Fsp3) is 0.667. The summed E-state index contributed by atoms with van der Waals surface area (Å²) in [6, 6.07) is 5.72. The first-order chi connectivity index (χ1) is 8.90. The molecule has 0 aliphatic carbocycles. The molecule has 3 unspecified atom stereocenters. The minimum atomic E-state index is 0.618. The predicted molar refractivity (Wildman–Crippen MR) is 73.4 cm³/mol. The van der Waals surface area contributed by atoms with Gasteiger partial charge in [-0.2, -0.15) is 0 Å². The lowest BCUT2D eigenvalue weighted by atomic mass is 9.97. The highest BCUT2D eigenvalue weighted by atomic mass is 15.2. The summed E-state index contributed by atoms with van der Waals surface area (Å²) >= 11 is 0. The lowest BCUT2D eigenvalue weighted by Gasteiger charge is -2.33. The van der Waals surface area contributed by atoms with Crippen molar-refractivity contribution in [3.05, 3.63) is 30.1 Å². The summed E-state index contributed by atoms with van der Waals surface area (Å²) < 4.78 is 0. The number of nitrogens with zero attached hydrogens (tertiary/aromatic N) is 2. The van der Waals surface area contributed by atoms with E-state index in [0.717, 1.165) is 12.0 Å². The van der Waals surface area contributed by atoms with E-state index >= 15 is 0 Å². The van der Waals surface area contributed by atoms with E-state index in [1.54, 1.807) is 0 Å². The van der Waals surface area contributed by atoms with Gasteiger partial charge in [-0.3, -0.25) is 9.88 Å². The monoisotopic (exact) mass is 245 g/mol. The second kappa shape index (κ2) is 5.37. The molecule has 2 aliphatic heterocycles. The van der Waals surface area contributed by atoms with Crippen molar-refractivity contribution in [2.75, 3.05) is 19.6 Å². The van der Waals surface area contributed by atoms with Crippen molar-refractivity contribution >= 4 is 0 Å². The molecule has 0 radical (unpaired) electrons. The van der Waals surface area contributed by atoms with Crippen LogP contribution in [0.15, 0.2) is 24.5 Å². The highest BCUT2D eigenvalue weighted by Crippen LogP contribution is 2.36. The number of hydrogen-bond donors (Lipinski definition) is 1. The van der Waals surface area contributed by atoms with Crippen LogP contribution in [0.1, 0.15) is 37.8 Å². The van der Waals surface area contributed by atoms with Crippen molar-refractivity contribution in [1.29, 1.82) is 0 Å². The van der Waals surface area contributed by atoms with Gasteiger partial charge in [0.05, 0.1) is 0 Å². The van der Waals surface area contributed by atoms with Crippen LogP contribution >= 0.6 is 0 Å². The van der Waals surface area contributed by atoms with Gasteiger partial charge < -0.3 is 5.32 Å². The van der Waals surface area contributed by atoms with E-state index in [4.69, 9.17) is 0 Å². The Hall–Kier alpha value is -0.930. The van der Waals surface area contributed by atoms with Crippen LogP contribution in [0.5, 0.6) is 0 Å². The number of aromatic nitrogens is 1. The molecule has 3 heterocycles. The molecule has 3 rings (SSSR count). The lowest BCUT2D eigenvalue weighted by Crippen LogP contribution is -2.40. The minimum Gasteiger partial charge on any atom is -0.315 e. The molecule has 2 fully saturated rings. The standard InChI is InChI=1S/C15H23N3/c1-2-12-10-17-11-15(12)18-9-3-4-14(18)13-5-7-16-8-6-13/h5-8,12,14-15,17H,2-4,9-11H2,1H3. The molecular formula is C15H23N3. The molecule has 0 spiro atoms. The van der Waals surface area contributed by atoms with Gasteiger partial charge in [0, 0.05) is 31.0 Å². The molecule has 1 aromatic rings. The third-order valence-corrected chi connectivity index (χ3v) is 4.64. The van der Waals surface area contributed by atoms with E-state index in [0.29, 0.717) is 6.04 Å². The highest BCUT2D eigenvalue weighted by Gasteiger charge is 2.37. The van der Waals surface area contributed by atoms with Gasteiger partial charge in [0.15, 0.2) is 0 Å². The summed E-state index contributed by atoms with van der Waals surface area (Å²) in [5.41, 5.74) is 1.45. The fourth-order valence-corrected chi connectivity index (χ4v) is 3.65. The van der Waals surface area contributed by atoms with Crippen LogP contribution in [-0.4, -0.2) is 35.6 Å². The molecule has 0 aromatic carbocycles. The van der Waals surface area contributed by atoms with Crippen LogP contribution in [-0.2, 0) is 0 Å². The van der Waals surface area contributed by atoms with Crippen molar-refractivity contribution in [1.82, 2.24) is 15.2 Å². The number of nitrogens with one attached hydrogen (secondary N) is 1. The summed E-state index contributed by atoms with van der Waals surface area (Å²) in [6.45, 7) is 5.94. The van der Waals surface area contributed by atoms with E-state index in [1.165, 1.54) is 44.5 Å². The minimum absolute atomic E-state index is 0.618. The zero-order valence-electron chi connectivity index (χ0n) is 11.2. The first kappa shape index (κ1) is 12.1. The van der Waals surface area contributed by atoms with Gasteiger partial charge in [-0.1, -0.05) is 13.3 Å². The van der Waals surface area contributed by atoms with Gasteiger partial charge in [0.2, 0.25) is 0 Å². The van der Waals surface area contributed by atoms with Crippen LogP contribution in [0.4, 0.5) is 0 Å². The van der Waals surface area contributed by atoms with Gasteiger partial charge in [-0.15, -0.1) is 0 Å². The molecule has 0 amide bonds. The summed E-state index contributed by atoms with van der Waals surface area (Å²) in [5, 5.41) is 3.57. The van der Waals surface area contributed by atoms with Crippen molar-refractivity contribution < 1.29 is 0 Å². The van der Waals surface area contributed by atoms with Gasteiger partial charge in [-0.25, -0.2) is 0 Å². The molecule has 1 aromatic heterocycles. The van der Waals surface area contributed by atoms with Gasteiger partial charge in [0.1, 0.15) is 0 Å². The van der Waals surface area contributed by atoms with Crippen LogP contribution in [0.3, 0.4) is 0 Å². The van der Waals surface area contributed by atoms with Gasteiger partial charge in [0.25, 0.3) is 0 Å². The summed E-state index contributed by atoms with van der Waals surface area (Å²) in [6.07, 6.45) is 7.78. The van der Waals surface area contributed by atoms with Gasteiger partial charge >= 0.3 is 0 Å².